The summed E-state index contributed by atoms with van der Waals surface area (Å²) in [5.74, 6) is 0.200. The van der Waals surface area contributed by atoms with Gasteiger partial charge >= 0.3 is 0 Å². The lowest BCUT2D eigenvalue weighted by Gasteiger charge is -1.99. The maximum Gasteiger partial charge on any atom is 0.186 e. The van der Waals surface area contributed by atoms with Gasteiger partial charge in [0.25, 0.3) is 0 Å². The predicted molar refractivity (Wildman–Crippen MR) is 64.5 cm³/mol. The van der Waals surface area contributed by atoms with Crippen LogP contribution in [0.4, 0.5) is 4.39 Å². The second-order valence-electron chi connectivity index (χ2n) is 3.26. The molecule has 0 aliphatic heterocycles. The molecule has 1 rings (SSSR count). The highest BCUT2D eigenvalue weighted by Gasteiger charge is 1.97. The van der Waals surface area contributed by atoms with E-state index in [1.54, 1.807) is 18.2 Å². The van der Waals surface area contributed by atoms with E-state index in [1.807, 2.05) is 0 Å². The number of thioether (sulfide) groups is 1. The van der Waals surface area contributed by atoms with Crippen LogP contribution in [-0.2, 0) is 11.4 Å². The van der Waals surface area contributed by atoms with Gasteiger partial charge in [0.2, 0.25) is 0 Å². The summed E-state index contributed by atoms with van der Waals surface area (Å²) < 4.78 is 13.0. The van der Waals surface area contributed by atoms with Crippen molar-refractivity contribution >= 4 is 23.0 Å². The lowest BCUT2D eigenvalue weighted by Crippen LogP contribution is -1.87. The maximum absolute atomic E-state index is 13.0. The van der Waals surface area contributed by atoms with E-state index < -0.39 is 0 Å². The monoisotopic (exact) mass is 240 g/mol. The van der Waals surface area contributed by atoms with Crippen LogP contribution in [0.3, 0.4) is 0 Å². The smallest absolute Gasteiger partial charge is 0.186 e. The second kappa shape index (κ2) is 6.45. The van der Waals surface area contributed by atoms with Gasteiger partial charge in [0.05, 0.1) is 6.61 Å². The van der Waals surface area contributed by atoms with E-state index in [2.05, 4.69) is 0 Å². The van der Waals surface area contributed by atoms with Crippen molar-refractivity contribution in [2.24, 2.45) is 0 Å². The van der Waals surface area contributed by atoms with Crippen molar-refractivity contribution in [3.05, 3.63) is 41.2 Å². The van der Waals surface area contributed by atoms with Crippen LogP contribution >= 0.6 is 11.8 Å². The Labute approximate surface area is 98.2 Å². The lowest BCUT2D eigenvalue weighted by atomic mass is 10.1. The number of carbonyl (C=O) groups is 1. The molecule has 1 aromatic carbocycles. The molecule has 0 saturated heterocycles. The summed E-state index contributed by atoms with van der Waals surface area (Å²) in [5, 5.41) is 8.95. The Bertz CT molecular complexity index is 402. The molecule has 0 heterocycles. The highest BCUT2D eigenvalue weighted by atomic mass is 32.2. The van der Waals surface area contributed by atoms with E-state index in [-0.39, 0.29) is 17.5 Å². The molecule has 1 N–H and O–H groups in total. The van der Waals surface area contributed by atoms with Crippen LogP contribution in [0.15, 0.2) is 24.3 Å². The van der Waals surface area contributed by atoms with Gasteiger partial charge in [0.15, 0.2) is 5.12 Å². The molecule has 0 spiro atoms. The molecule has 1 aromatic rings. The average molecular weight is 240 g/mol. The number of halogens is 1. The summed E-state index contributed by atoms with van der Waals surface area (Å²) in [6.07, 6.45) is 3.53. The van der Waals surface area contributed by atoms with Gasteiger partial charge in [-0.1, -0.05) is 23.9 Å². The Balaban J connectivity index is 2.65. The SMILES string of the molecule is CC(=O)SCC=Cc1cc(F)cc(CO)c1. The zero-order valence-corrected chi connectivity index (χ0v) is 9.76. The zero-order chi connectivity index (χ0) is 12.0. The first kappa shape index (κ1) is 12.9. The van der Waals surface area contributed by atoms with Crippen LogP contribution in [0.2, 0.25) is 0 Å². The van der Waals surface area contributed by atoms with E-state index in [4.69, 9.17) is 5.11 Å². The maximum atomic E-state index is 13.0. The van der Waals surface area contributed by atoms with Crippen molar-refractivity contribution in [1.82, 2.24) is 0 Å². The minimum atomic E-state index is -0.370. The quantitative estimate of drug-likeness (QED) is 0.879. The summed E-state index contributed by atoms with van der Waals surface area (Å²) in [7, 11) is 0. The van der Waals surface area contributed by atoms with Crippen LogP contribution in [-0.4, -0.2) is 16.0 Å². The number of hydrogen-bond acceptors (Lipinski definition) is 3. The van der Waals surface area contributed by atoms with Crippen LogP contribution < -0.4 is 0 Å². The molecule has 0 aromatic heterocycles. The van der Waals surface area contributed by atoms with Crippen molar-refractivity contribution in [1.29, 1.82) is 0 Å². The van der Waals surface area contributed by atoms with Crippen molar-refractivity contribution < 1.29 is 14.3 Å². The third-order valence-corrected chi connectivity index (χ3v) is 2.62. The molecule has 0 aliphatic carbocycles. The number of hydrogen-bond donors (Lipinski definition) is 1. The summed E-state index contributed by atoms with van der Waals surface area (Å²) in [4.78, 5) is 10.6. The molecule has 0 amide bonds. The van der Waals surface area contributed by atoms with Gasteiger partial charge in [0, 0.05) is 12.7 Å². The fourth-order valence-electron chi connectivity index (χ4n) is 1.21. The van der Waals surface area contributed by atoms with Gasteiger partial charge in [-0.25, -0.2) is 4.39 Å². The van der Waals surface area contributed by atoms with E-state index in [9.17, 15) is 9.18 Å². The molecule has 0 saturated carbocycles. The van der Waals surface area contributed by atoms with Crippen molar-refractivity contribution in [2.45, 2.75) is 13.5 Å². The Morgan fingerprint density at radius 3 is 2.88 bits per heavy atom. The summed E-state index contributed by atoms with van der Waals surface area (Å²) >= 11 is 1.20. The highest BCUT2D eigenvalue weighted by molar-refractivity contribution is 8.13. The number of aliphatic hydroxyl groups is 1. The van der Waals surface area contributed by atoms with E-state index in [0.29, 0.717) is 16.9 Å². The fourth-order valence-corrected chi connectivity index (χ4v) is 1.64. The van der Waals surface area contributed by atoms with Crippen molar-refractivity contribution in [3.8, 4) is 0 Å². The number of benzene rings is 1. The standard InChI is InChI=1S/C12H13FO2S/c1-9(15)16-4-2-3-10-5-11(8-14)7-12(13)6-10/h2-3,5-7,14H,4,8H2,1H3. The van der Waals surface area contributed by atoms with E-state index in [1.165, 1.54) is 30.8 Å². The number of aliphatic hydroxyl groups excluding tert-OH is 1. The average Bonchev–Trinajstić information content (AvgIpc) is 2.23. The molecule has 4 heteroatoms. The number of carbonyl (C=O) groups excluding carboxylic acids is 1. The second-order valence-corrected chi connectivity index (χ2v) is 4.45. The van der Waals surface area contributed by atoms with Gasteiger partial charge in [-0.3, -0.25) is 4.79 Å². The molecule has 86 valence electrons. The van der Waals surface area contributed by atoms with Gasteiger partial charge < -0.3 is 5.11 Å². The molecule has 0 aliphatic rings. The normalized spacial score (nSPS) is 10.9. The van der Waals surface area contributed by atoms with Crippen LogP contribution in [0.5, 0.6) is 0 Å². The molecule has 0 bridgehead atoms. The lowest BCUT2D eigenvalue weighted by molar-refractivity contribution is -0.109. The Morgan fingerprint density at radius 2 is 2.25 bits per heavy atom. The highest BCUT2D eigenvalue weighted by Crippen LogP contribution is 2.11. The first-order chi connectivity index (χ1) is 7.61. The fraction of sp³-hybridized carbons (Fsp3) is 0.250. The third kappa shape index (κ3) is 4.59. The minimum absolute atomic E-state index is 0.0555. The topological polar surface area (TPSA) is 37.3 Å². The summed E-state index contributed by atoms with van der Waals surface area (Å²) in [5.41, 5.74) is 1.23. The Kier molecular flexibility index (Phi) is 5.22. The Hall–Kier alpha value is -1.13. The molecule has 16 heavy (non-hydrogen) atoms. The molecule has 0 atom stereocenters. The van der Waals surface area contributed by atoms with Gasteiger partial charge in [-0.2, -0.15) is 0 Å². The predicted octanol–water partition coefficient (Wildman–Crippen LogP) is 2.61. The van der Waals surface area contributed by atoms with Crippen LogP contribution in [0.25, 0.3) is 6.08 Å². The minimum Gasteiger partial charge on any atom is -0.392 e. The van der Waals surface area contributed by atoms with Gasteiger partial charge in [0.1, 0.15) is 5.82 Å². The first-order valence-corrected chi connectivity index (χ1v) is 5.80. The molecule has 0 radical (unpaired) electrons. The Morgan fingerprint density at radius 1 is 1.50 bits per heavy atom. The first-order valence-electron chi connectivity index (χ1n) is 4.82. The molecule has 2 nitrogen and oxygen atoms in total. The zero-order valence-electron chi connectivity index (χ0n) is 8.94. The van der Waals surface area contributed by atoms with Crippen LogP contribution in [0.1, 0.15) is 18.1 Å². The van der Waals surface area contributed by atoms with E-state index in [0.717, 1.165) is 0 Å². The molecular weight excluding hydrogens is 227 g/mol. The van der Waals surface area contributed by atoms with Crippen molar-refractivity contribution in [3.63, 3.8) is 0 Å². The third-order valence-electron chi connectivity index (χ3n) is 1.86. The van der Waals surface area contributed by atoms with E-state index >= 15 is 0 Å². The summed E-state index contributed by atoms with van der Waals surface area (Å²) in [6, 6.07) is 4.38. The van der Waals surface area contributed by atoms with Gasteiger partial charge in [-0.15, -0.1) is 0 Å². The van der Waals surface area contributed by atoms with Gasteiger partial charge in [-0.05, 0) is 29.3 Å². The van der Waals surface area contributed by atoms with Crippen LogP contribution in [0, 0.1) is 5.82 Å². The molecule has 0 fully saturated rings. The summed E-state index contributed by atoms with van der Waals surface area (Å²) in [6.45, 7) is 1.32. The largest absolute Gasteiger partial charge is 0.392 e. The number of rotatable bonds is 4. The molecule has 0 unspecified atom stereocenters. The van der Waals surface area contributed by atoms with Crippen molar-refractivity contribution in [2.75, 3.05) is 5.75 Å². The molecular formula is C12H13FO2S.